The van der Waals surface area contributed by atoms with Gasteiger partial charge in [-0.2, -0.15) is 0 Å². The highest BCUT2D eigenvalue weighted by Crippen LogP contribution is 2.23. The fraction of sp³-hybridized carbons (Fsp3) is 0.462. The number of benzene rings is 1. The van der Waals surface area contributed by atoms with Crippen LogP contribution in [0.15, 0.2) is 24.3 Å². The Balaban J connectivity index is 2.01. The van der Waals surface area contributed by atoms with Crippen molar-refractivity contribution in [3.63, 3.8) is 0 Å². The average molecular weight is 285 g/mol. The van der Waals surface area contributed by atoms with Crippen molar-refractivity contribution in [2.75, 3.05) is 11.5 Å². The third-order valence-electron chi connectivity index (χ3n) is 3.25. The molecule has 1 saturated heterocycles. The molecule has 4 nitrogen and oxygen atoms in total. The summed E-state index contributed by atoms with van der Waals surface area (Å²) in [5, 5.41) is 2.70. The molecule has 1 aromatic rings. The van der Waals surface area contributed by atoms with Gasteiger partial charge in [0.2, 0.25) is 5.91 Å². The van der Waals surface area contributed by atoms with Crippen LogP contribution in [0, 0.1) is 5.82 Å². The summed E-state index contributed by atoms with van der Waals surface area (Å²) in [4.78, 5) is 11.9. The highest BCUT2D eigenvalue weighted by molar-refractivity contribution is 7.91. The van der Waals surface area contributed by atoms with E-state index in [9.17, 15) is 17.6 Å². The smallest absolute Gasteiger partial charge is 0.224 e. The Morgan fingerprint density at radius 3 is 2.68 bits per heavy atom. The van der Waals surface area contributed by atoms with Crippen molar-refractivity contribution in [1.29, 1.82) is 0 Å². The van der Waals surface area contributed by atoms with E-state index < -0.39 is 21.2 Å². The molecule has 0 aromatic heterocycles. The topological polar surface area (TPSA) is 63.2 Å². The number of carbonyl (C=O) groups is 1. The van der Waals surface area contributed by atoms with Crippen LogP contribution < -0.4 is 5.32 Å². The first kappa shape index (κ1) is 14.0. The lowest BCUT2D eigenvalue weighted by atomic mass is 10.0. The number of hydrogen-bond donors (Lipinski definition) is 1. The molecule has 2 rings (SSSR count). The second-order valence-corrected chi connectivity index (χ2v) is 7.40. The molecular formula is C13H16FNO3S. The summed E-state index contributed by atoms with van der Waals surface area (Å²) in [7, 11) is -3.07. The molecule has 1 N–H and O–H groups in total. The van der Waals surface area contributed by atoms with Gasteiger partial charge >= 0.3 is 0 Å². The number of halogens is 1. The number of rotatable bonds is 3. The summed E-state index contributed by atoms with van der Waals surface area (Å²) in [6, 6.07) is 6.06. The molecule has 0 radical (unpaired) electrons. The summed E-state index contributed by atoms with van der Waals surface area (Å²) < 4.78 is 36.3. The fourth-order valence-electron chi connectivity index (χ4n) is 2.30. The highest BCUT2D eigenvalue weighted by Gasteiger charge is 2.39. The van der Waals surface area contributed by atoms with E-state index in [4.69, 9.17) is 0 Å². The third-order valence-corrected chi connectivity index (χ3v) is 5.16. The molecule has 1 aliphatic rings. The molecule has 0 saturated carbocycles. The van der Waals surface area contributed by atoms with E-state index in [2.05, 4.69) is 5.32 Å². The SMILES string of the molecule is C[C@@]1(NC(=O)Cc2ccccc2F)CCS(=O)(=O)C1. The minimum atomic E-state index is -3.07. The summed E-state index contributed by atoms with van der Waals surface area (Å²) >= 11 is 0. The Bertz CT molecular complexity index is 600. The second kappa shape index (κ2) is 4.92. The van der Waals surface area contributed by atoms with Crippen LogP contribution >= 0.6 is 0 Å². The lowest BCUT2D eigenvalue weighted by Crippen LogP contribution is -2.47. The molecule has 19 heavy (non-hydrogen) atoms. The van der Waals surface area contributed by atoms with Gasteiger partial charge in [0, 0.05) is 0 Å². The number of sulfone groups is 1. The molecule has 104 valence electrons. The Morgan fingerprint density at radius 1 is 1.42 bits per heavy atom. The zero-order valence-electron chi connectivity index (χ0n) is 10.6. The zero-order valence-corrected chi connectivity index (χ0v) is 11.5. The molecule has 0 bridgehead atoms. The largest absolute Gasteiger partial charge is 0.350 e. The third kappa shape index (κ3) is 3.53. The maximum Gasteiger partial charge on any atom is 0.224 e. The zero-order chi connectivity index (χ0) is 14.1. The standard InChI is InChI=1S/C13H16FNO3S/c1-13(6-7-19(17,18)9-13)15-12(16)8-10-4-2-3-5-11(10)14/h2-5H,6-9H2,1H3,(H,15,16)/t13-/m1/s1. The van der Waals surface area contributed by atoms with Crippen molar-refractivity contribution in [1.82, 2.24) is 5.32 Å². The van der Waals surface area contributed by atoms with Crippen LogP contribution in [0.3, 0.4) is 0 Å². The van der Waals surface area contributed by atoms with Gasteiger partial charge in [-0.25, -0.2) is 12.8 Å². The van der Waals surface area contributed by atoms with E-state index in [1.165, 1.54) is 6.07 Å². The van der Waals surface area contributed by atoms with E-state index >= 15 is 0 Å². The van der Waals surface area contributed by atoms with E-state index in [1.54, 1.807) is 25.1 Å². The van der Waals surface area contributed by atoms with Crippen LogP contribution in [0.2, 0.25) is 0 Å². The lowest BCUT2D eigenvalue weighted by molar-refractivity contribution is -0.122. The van der Waals surface area contributed by atoms with E-state index in [-0.39, 0.29) is 23.8 Å². The number of carbonyl (C=O) groups excluding carboxylic acids is 1. The van der Waals surface area contributed by atoms with Gasteiger partial charge in [-0.3, -0.25) is 4.79 Å². The van der Waals surface area contributed by atoms with Gasteiger partial charge in [0.15, 0.2) is 9.84 Å². The molecule has 0 spiro atoms. The minimum absolute atomic E-state index is 0.0526. The maximum atomic E-state index is 13.4. The van der Waals surface area contributed by atoms with Gasteiger partial charge in [0.1, 0.15) is 5.82 Å². The summed E-state index contributed by atoms with van der Waals surface area (Å²) in [5.74, 6) is -0.751. The Morgan fingerprint density at radius 2 is 2.11 bits per heavy atom. The fourth-order valence-corrected chi connectivity index (χ4v) is 4.40. The minimum Gasteiger partial charge on any atom is -0.350 e. The predicted octanol–water partition coefficient (Wildman–Crippen LogP) is 1.06. The van der Waals surface area contributed by atoms with Crippen molar-refractivity contribution in [2.24, 2.45) is 0 Å². The van der Waals surface area contributed by atoms with Crippen molar-refractivity contribution in [3.05, 3.63) is 35.6 Å². The van der Waals surface area contributed by atoms with Crippen molar-refractivity contribution in [3.8, 4) is 0 Å². The van der Waals surface area contributed by atoms with Gasteiger partial charge < -0.3 is 5.32 Å². The van der Waals surface area contributed by atoms with Crippen molar-refractivity contribution < 1.29 is 17.6 Å². The Hall–Kier alpha value is -1.43. The molecular weight excluding hydrogens is 269 g/mol. The molecule has 0 unspecified atom stereocenters. The van der Waals surface area contributed by atoms with Crippen LogP contribution in [0.5, 0.6) is 0 Å². The first-order chi connectivity index (χ1) is 8.80. The number of nitrogens with one attached hydrogen (secondary N) is 1. The average Bonchev–Trinajstić information content (AvgIpc) is 2.56. The normalized spacial score (nSPS) is 25.2. The first-order valence-corrected chi connectivity index (χ1v) is 7.87. The van der Waals surface area contributed by atoms with E-state index in [0.29, 0.717) is 12.0 Å². The number of amides is 1. The molecule has 1 fully saturated rings. The van der Waals surface area contributed by atoms with Crippen LogP contribution in [-0.2, 0) is 21.1 Å². The molecule has 0 aliphatic carbocycles. The molecule has 1 aromatic carbocycles. The molecule has 1 atom stereocenters. The Labute approximate surface area is 111 Å². The molecule has 1 aliphatic heterocycles. The van der Waals surface area contributed by atoms with Gasteiger partial charge in [-0.05, 0) is 25.0 Å². The lowest BCUT2D eigenvalue weighted by Gasteiger charge is -2.23. The number of hydrogen-bond acceptors (Lipinski definition) is 3. The Kier molecular flexibility index (Phi) is 3.62. The molecule has 1 heterocycles. The van der Waals surface area contributed by atoms with Gasteiger partial charge in [-0.15, -0.1) is 0 Å². The van der Waals surface area contributed by atoms with Crippen LogP contribution in [-0.4, -0.2) is 31.4 Å². The van der Waals surface area contributed by atoms with E-state index in [0.717, 1.165) is 0 Å². The summed E-state index contributed by atoms with van der Waals surface area (Å²) in [5.41, 5.74) is -0.425. The van der Waals surface area contributed by atoms with Crippen LogP contribution in [0.1, 0.15) is 18.9 Å². The van der Waals surface area contributed by atoms with Gasteiger partial charge in [0.05, 0.1) is 23.5 Å². The second-order valence-electron chi connectivity index (χ2n) is 5.22. The molecule has 6 heteroatoms. The monoisotopic (exact) mass is 285 g/mol. The predicted molar refractivity (Wildman–Crippen MR) is 69.9 cm³/mol. The quantitative estimate of drug-likeness (QED) is 0.903. The summed E-state index contributed by atoms with van der Waals surface area (Å²) in [6.45, 7) is 1.71. The maximum absolute atomic E-state index is 13.4. The van der Waals surface area contributed by atoms with Gasteiger partial charge in [0.25, 0.3) is 0 Å². The van der Waals surface area contributed by atoms with E-state index in [1.807, 2.05) is 0 Å². The van der Waals surface area contributed by atoms with Crippen LogP contribution in [0.4, 0.5) is 4.39 Å². The van der Waals surface area contributed by atoms with Crippen molar-refractivity contribution >= 4 is 15.7 Å². The van der Waals surface area contributed by atoms with Gasteiger partial charge in [-0.1, -0.05) is 18.2 Å². The summed E-state index contributed by atoms with van der Waals surface area (Å²) in [6.07, 6.45) is 0.320. The highest BCUT2D eigenvalue weighted by atomic mass is 32.2. The first-order valence-electron chi connectivity index (χ1n) is 6.05. The van der Waals surface area contributed by atoms with Crippen LogP contribution in [0.25, 0.3) is 0 Å². The molecule has 1 amide bonds. The van der Waals surface area contributed by atoms with Crippen molar-refractivity contribution in [2.45, 2.75) is 25.3 Å².